The highest BCUT2D eigenvalue weighted by Gasteiger charge is 2.44. The number of rotatable bonds is 16. The van der Waals surface area contributed by atoms with E-state index in [0.717, 1.165) is 37.2 Å². The molecule has 2 amide bonds. The van der Waals surface area contributed by atoms with Crippen LogP contribution in [-0.2, 0) is 14.3 Å². The number of imide groups is 1. The highest BCUT2D eigenvalue weighted by atomic mass is 16.5. The number of allylic oxidation sites excluding steroid dienone is 2. The Morgan fingerprint density at radius 3 is 1.93 bits per heavy atom. The van der Waals surface area contributed by atoms with Gasteiger partial charge in [0.25, 0.3) is 11.8 Å². The van der Waals surface area contributed by atoms with Crippen molar-refractivity contribution in [3.05, 3.63) is 58.9 Å². The zero-order valence-electron chi connectivity index (χ0n) is 25.1. The number of carbonyl (C=O) groups excluding carboxylic acids is 2. The lowest BCUT2D eigenvalue weighted by molar-refractivity contribution is -0.136. The summed E-state index contributed by atoms with van der Waals surface area (Å²) in [6.45, 7) is 8.43. The minimum Gasteiger partial charge on any atom is -0.479 e. The first kappa shape index (κ1) is 32.2. The molecule has 2 heterocycles. The molecule has 0 saturated heterocycles. The molecule has 220 valence electrons. The van der Waals surface area contributed by atoms with Crippen LogP contribution in [0.2, 0.25) is 0 Å². The van der Waals surface area contributed by atoms with Crippen molar-refractivity contribution in [1.82, 2.24) is 4.90 Å². The highest BCUT2D eigenvalue weighted by molar-refractivity contribution is 6.12. The minimum absolute atomic E-state index is 0.0208. The predicted octanol–water partition coefficient (Wildman–Crippen LogP) is 6.73. The fourth-order valence-corrected chi connectivity index (χ4v) is 5.63. The van der Waals surface area contributed by atoms with Gasteiger partial charge < -0.3 is 9.64 Å². The maximum absolute atomic E-state index is 12.0. The van der Waals surface area contributed by atoms with E-state index in [2.05, 4.69) is 36.9 Å². The summed E-state index contributed by atoms with van der Waals surface area (Å²) in [7, 11) is 0. The molecule has 8 nitrogen and oxygen atoms in total. The van der Waals surface area contributed by atoms with Crippen molar-refractivity contribution in [3.63, 3.8) is 0 Å². The molecule has 1 aromatic rings. The monoisotopic (exact) mass is 567 g/mol. The van der Waals surface area contributed by atoms with Crippen molar-refractivity contribution in [2.45, 2.75) is 90.6 Å². The van der Waals surface area contributed by atoms with Gasteiger partial charge in [0.05, 0.1) is 0 Å². The van der Waals surface area contributed by atoms with E-state index in [-0.39, 0.29) is 35.3 Å². The quantitative estimate of drug-likeness (QED) is 0.123. The van der Waals surface area contributed by atoms with Gasteiger partial charge in [-0.2, -0.15) is 15.8 Å². The number of benzene rings is 1. The van der Waals surface area contributed by atoms with Crippen molar-refractivity contribution in [1.29, 1.82) is 15.8 Å². The van der Waals surface area contributed by atoms with Crippen molar-refractivity contribution in [2.75, 3.05) is 24.5 Å². The van der Waals surface area contributed by atoms with Gasteiger partial charge in [-0.05, 0) is 50.3 Å². The first-order valence-corrected chi connectivity index (χ1v) is 15.1. The Labute approximate surface area is 250 Å². The standard InChI is InChI=1S/C34H41N5O3/c1-4-6-8-10-20-38(21-11-9-7-5-2)28-15-13-26(14-16-28)32-29(25-37)33(27(23-35)24-36)42-34(32,3)19-12-22-39-30(40)17-18-31(39)41/h13-18H,4-12,19-22H2,1-3H3. The summed E-state index contributed by atoms with van der Waals surface area (Å²) in [5.41, 5.74) is 1.35. The molecule has 0 aliphatic carbocycles. The van der Waals surface area contributed by atoms with Crippen molar-refractivity contribution < 1.29 is 14.3 Å². The van der Waals surface area contributed by atoms with Gasteiger partial charge in [-0.3, -0.25) is 14.5 Å². The van der Waals surface area contributed by atoms with Gasteiger partial charge in [0.1, 0.15) is 29.4 Å². The Bertz CT molecular complexity index is 1310. The molecule has 0 aromatic heterocycles. The number of amides is 2. The number of unbranched alkanes of at least 4 members (excludes halogenated alkanes) is 6. The third-order valence-corrected chi connectivity index (χ3v) is 7.92. The highest BCUT2D eigenvalue weighted by Crippen LogP contribution is 2.47. The fraction of sp³-hybridized carbons (Fsp3) is 0.500. The van der Waals surface area contributed by atoms with Crippen molar-refractivity contribution in [3.8, 4) is 18.2 Å². The molecule has 0 bridgehead atoms. The lowest BCUT2D eigenvalue weighted by Crippen LogP contribution is -2.33. The molecule has 2 aliphatic rings. The molecule has 42 heavy (non-hydrogen) atoms. The number of carbonyl (C=O) groups is 2. The predicted molar refractivity (Wildman–Crippen MR) is 162 cm³/mol. The Morgan fingerprint density at radius 1 is 0.857 bits per heavy atom. The number of anilines is 1. The second-order valence-electron chi connectivity index (χ2n) is 11.0. The average Bonchev–Trinajstić information content (AvgIpc) is 3.47. The molecule has 0 saturated carbocycles. The Kier molecular flexibility index (Phi) is 11.9. The SMILES string of the molecule is CCCCCCN(CCCCCC)c1ccc(C2=C(C#N)C(=C(C#N)C#N)OC2(C)CCCN2C(=O)C=CC2=O)cc1. The maximum Gasteiger partial charge on any atom is 0.253 e. The van der Waals surface area contributed by atoms with E-state index < -0.39 is 5.60 Å². The Morgan fingerprint density at radius 2 is 1.43 bits per heavy atom. The van der Waals surface area contributed by atoms with Gasteiger partial charge in [-0.25, -0.2) is 0 Å². The molecular weight excluding hydrogens is 526 g/mol. The van der Waals surface area contributed by atoms with Crippen LogP contribution >= 0.6 is 0 Å². The normalized spacial score (nSPS) is 17.7. The topological polar surface area (TPSA) is 121 Å². The summed E-state index contributed by atoms with van der Waals surface area (Å²) in [4.78, 5) is 27.7. The van der Waals surface area contributed by atoms with E-state index in [1.54, 1.807) is 0 Å². The van der Waals surface area contributed by atoms with Crippen LogP contribution in [-0.4, -0.2) is 41.9 Å². The van der Waals surface area contributed by atoms with Gasteiger partial charge in [0.2, 0.25) is 0 Å². The summed E-state index contributed by atoms with van der Waals surface area (Å²) in [6, 6.07) is 14.0. The lowest BCUT2D eigenvalue weighted by Gasteiger charge is -2.29. The van der Waals surface area contributed by atoms with Gasteiger partial charge in [-0.1, -0.05) is 64.5 Å². The lowest BCUT2D eigenvalue weighted by atomic mass is 9.84. The molecule has 1 unspecified atom stereocenters. The second kappa shape index (κ2) is 15.6. The molecule has 2 aliphatic heterocycles. The number of nitriles is 3. The molecule has 1 atom stereocenters. The second-order valence-corrected chi connectivity index (χ2v) is 11.0. The molecule has 0 radical (unpaired) electrons. The van der Waals surface area contributed by atoms with E-state index in [9.17, 15) is 25.4 Å². The summed E-state index contributed by atoms with van der Waals surface area (Å²) in [5, 5.41) is 29.3. The van der Waals surface area contributed by atoms with Gasteiger partial charge >= 0.3 is 0 Å². The summed E-state index contributed by atoms with van der Waals surface area (Å²) < 4.78 is 6.24. The Hall–Kier alpha value is -4.35. The largest absolute Gasteiger partial charge is 0.479 e. The third-order valence-electron chi connectivity index (χ3n) is 7.92. The smallest absolute Gasteiger partial charge is 0.253 e. The van der Waals surface area contributed by atoms with E-state index in [1.165, 1.54) is 55.6 Å². The van der Waals surface area contributed by atoms with Crippen LogP contribution in [0.5, 0.6) is 0 Å². The zero-order valence-corrected chi connectivity index (χ0v) is 25.1. The number of hydrogen-bond donors (Lipinski definition) is 0. The van der Waals surface area contributed by atoms with Crippen LogP contribution in [0.1, 0.15) is 90.5 Å². The fourth-order valence-electron chi connectivity index (χ4n) is 5.63. The van der Waals surface area contributed by atoms with E-state index in [4.69, 9.17) is 4.74 Å². The number of nitrogens with zero attached hydrogens (tertiary/aromatic N) is 5. The molecule has 8 heteroatoms. The minimum atomic E-state index is -1.04. The van der Waals surface area contributed by atoms with Crippen LogP contribution < -0.4 is 4.90 Å². The van der Waals surface area contributed by atoms with Crippen LogP contribution in [0.3, 0.4) is 0 Å². The van der Waals surface area contributed by atoms with Crippen LogP contribution in [0.25, 0.3) is 5.57 Å². The van der Waals surface area contributed by atoms with Crippen LogP contribution in [0.15, 0.2) is 53.3 Å². The van der Waals surface area contributed by atoms with E-state index in [1.807, 2.05) is 31.2 Å². The van der Waals surface area contributed by atoms with Gasteiger partial charge in [-0.15, -0.1) is 0 Å². The van der Waals surface area contributed by atoms with Crippen molar-refractivity contribution >= 4 is 23.1 Å². The molecule has 1 aromatic carbocycles. The first-order valence-electron chi connectivity index (χ1n) is 15.1. The van der Waals surface area contributed by atoms with E-state index >= 15 is 0 Å². The van der Waals surface area contributed by atoms with E-state index in [0.29, 0.717) is 18.4 Å². The molecule has 3 rings (SSSR count). The van der Waals surface area contributed by atoms with Gasteiger partial charge in [0.15, 0.2) is 11.3 Å². The first-order chi connectivity index (χ1) is 20.3. The molecule has 0 fully saturated rings. The maximum atomic E-state index is 12.0. The summed E-state index contributed by atoms with van der Waals surface area (Å²) >= 11 is 0. The summed E-state index contributed by atoms with van der Waals surface area (Å²) in [5.74, 6) is -0.729. The number of hydrogen-bond acceptors (Lipinski definition) is 7. The average molecular weight is 568 g/mol. The zero-order chi connectivity index (χ0) is 30.5. The summed E-state index contributed by atoms with van der Waals surface area (Å²) in [6.07, 6.45) is 12.8. The molecular formula is C34H41N5O3. The van der Waals surface area contributed by atoms with Gasteiger partial charge in [0, 0.05) is 43.0 Å². The molecule has 0 spiro atoms. The molecule has 0 N–H and O–H groups in total. The van der Waals surface area contributed by atoms with Crippen LogP contribution in [0.4, 0.5) is 5.69 Å². The van der Waals surface area contributed by atoms with Crippen molar-refractivity contribution in [2.24, 2.45) is 0 Å². The van der Waals surface area contributed by atoms with Crippen LogP contribution in [0, 0.1) is 34.0 Å². The number of ether oxygens (including phenoxy) is 1. The third kappa shape index (κ3) is 7.68. The Balaban J connectivity index is 1.91.